The van der Waals surface area contributed by atoms with Crippen molar-refractivity contribution in [1.82, 2.24) is 0 Å². The summed E-state index contributed by atoms with van der Waals surface area (Å²) in [6.45, 7) is 8.61. The van der Waals surface area contributed by atoms with Crippen LogP contribution >= 0.6 is 0 Å². The highest BCUT2D eigenvalue weighted by atomic mass is 28.3. The van der Waals surface area contributed by atoms with Gasteiger partial charge in [0.15, 0.2) is 0 Å². The first-order valence-corrected chi connectivity index (χ1v) is 10.9. The lowest BCUT2D eigenvalue weighted by atomic mass is 10.1. The number of rotatable bonds is 6. The van der Waals surface area contributed by atoms with Crippen LogP contribution in [0.2, 0.25) is 19.6 Å². The Balaban J connectivity index is 2.03. The molecule has 21 heavy (non-hydrogen) atoms. The van der Waals surface area contributed by atoms with Crippen molar-refractivity contribution in [3.8, 4) is 0 Å². The maximum absolute atomic E-state index is 5.24. The van der Waals surface area contributed by atoms with E-state index in [0.717, 1.165) is 12.2 Å². The van der Waals surface area contributed by atoms with Crippen molar-refractivity contribution >= 4 is 18.9 Å². The van der Waals surface area contributed by atoms with E-state index in [1.807, 2.05) is 6.07 Å². The van der Waals surface area contributed by atoms with Gasteiger partial charge in [0.1, 0.15) is 0 Å². The second-order valence-corrected chi connectivity index (χ2v) is 11.5. The van der Waals surface area contributed by atoms with Crippen LogP contribution in [0.25, 0.3) is 0 Å². The van der Waals surface area contributed by atoms with E-state index >= 15 is 0 Å². The van der Waals surface area contributed by atoms with E-state index in [0.29, 0.717) is 6.61 Å². The molecule has 0 bridgehead atoms. The summed E-state index contributed by atoms with van der Waals surface area (Å²) in [6.07, 6.45) is 0. The molecule has 0 fully saturated rings. The van der Waals surface area contributed by atoms with Gasteiger partial charge in [0.25, 0.3) is 0 Å². The number of methoxy groups -OCH3 is 1. The molecule has 0 aliphatic rings. The van der Waals surface area contributed by atoms with Gasteiger partial charge in [0.2, 0.25) is 0 Å². The summed E-state index contributed by atoms with van der Waals surface area (Å²) in [7, 11) is 0.528. The zero-order valence-electron chi connectivity index (χ0n) is 13.4. The number of hydrogen-bond donors (Lipinski definition) is 1. The molecule has 0 aliphatic carbocycles. The average molecular weight is 299 g/mol. The van der Waals surface area contributed by atoms with Gasteiger partial charge in [-0.05, 0) is 11.6 Å². The van der Waals surface area contributed by atoms with E-state index in [-0.39, 0.29) is 0 Å². The van der Waals surface area contributed by atoms with Crippen molar-refractivity contribution in [2.45, 2.75) is 32.8 Å². The lowest BCUT2D eigenvalue weighted by Crippen LogP contribution is -2.37. The van der Waals surface area contributed by atoms with Crippen molar-refractivity contribution in [2.75, 3.05) is 12.4 Å². The third-order valence-corrected chi connectivity index (χ3v) is 5.69. The SMILES string of the molecule is COCc1ccccc1NCc1ccc([Si](C)(C)C)cc1. The first-order chi connectivity index (χ1) is 10.0. The van der Waals surface area contributed by atoms with Crippen LogP contribution in [0, 0.1) is 0 Å². The van der Waals surface area contributed by atoms with Crippen molar-refractivity contribution in [3.63, 3.8) is 0 Å². The van der Waals surface area contributed by atoms with E-state index in [9.17, 15) is 0 Å². The highest BCUT2D eigenvalue weighted by Crippen LogP contribution is 2.17. The van der Waals surface area contributed by atoms with Gasteiger partial charge >= 0.3 is 0 Å². The molecule has 2 rings (SSSR count). The second kappa shape index (κ2) is 6.92. The molecule has 0 spiro atoms. The van der Waals surface area contributed by atoms with Crippen LogP contribution in [0.15, 0.2) is 48.5 Å². The number of nitrogens with one attached hydrogen (secondary N) is 1. The molecular weight excluding hydrogens is 274 g/mol. The summed E-state index contributed by atoms with van der Waals surface area (Å²) in [5.41, 5.74) is 3.65. The molecule has 0 saturated carbocycles. The largest absolute Gasteiger partial charge is 0.381 e. The quantitative estimate of drug-likeness (QED) is 0.814. The highest BCUT2D eigenvalue weighted by molar-refractivity contribution is 6.88. The maximum atomic E-state index is 5.24. The van der Waals surface area contributed by atoms with Crippen LogP contribution in [0.1, 0.15) is 11.1 Å². The Bertz CT molecular complexity index is 573. The fourth-order valence-electron chi connectivity index (χ4n) is 2.29. The molecule has 2 nitrogen and oxygen atoms in total. The van der Waals surface area contributed by atoms with E-state index < -0.39 is 8.07 Å². The number of anilines is 1. The topological polar surface area (TPSA) is 21.3 Å². The minimum Gasteiger partial charge on any atom is -0.381 e. The Morgan fingerprint density at radius 2 is 1.62 bits per heavy atom. The smallest absolute Gasteiger partial charge is 0.0775 e. The third kappa shape index (κ3) is 4.44. The van der Waals surface area contributed by atoms with E-state index in [4.69, 9.17) is 4.74 Å². The lowest BCUT2D eigenvalue weighted by molar-refractivity contribution is 0.185. The molecule has 3 heteroatoms. The Morgan fingerprint density at radius 3 is 2.24 bits per heavy atom. The van der Waals surface area contributed by atoms with Crippen LogP contribution in [0.5, 0.6) is 0 Å². The molecule has 0 saturated heterocycles. The normalized spacial score (nSPS) is 11.4. The van der Waals surface area contributed by atoms with Gasteiger partial charge in [0, 0.05) is 24.9 Å². The maximum Gasteiger partial charge on any atom is 0.0775 e. The molecule has 0 amide bonds. The summed E-state index contributed by atoms with van der Waals surface area (Å²) in [6, 6.07) is 17.3. The standard InChI is InChI=1S/C18H25NOSi/c1-20-14-16-7-5-6-8-18(16)19-13-15-9-11-17(12-10-15)21(2,3)4/h5-12,19H,13-14H2,1-4H3. The van der Waals surface area contributed by atoms with Crippen LogP contribution < -0.4 is 10.5 Å². The van der Waals surface area contributed by atoms with Gasteiger partial charge in [0.05, 0.1) is 14.7 Å². The Labute approximate surface area is 129 Å². The van der Waals surface area contributed by atoms with Gasteiger partial charge in [-0.25, -0.2) is 0 Å². The Morgan fingerprint density at radius 1 is 0.952 bits per heavy atom. The molecule has 0 atom stereocenters. The minimum atomic E-state index is -1.20. The third-order valence-electron chi connectivity index (χ3n) is 3.62. The van der Waals surface area contributed by atoms with Gasteiger partial charge in [-0.2, -0.15) is 0 Å². The van der Waals surface area contributed by atoms with E-state index in [2.05, 4.69) is 67.4 Å². The summed E-state index contributed by atoms with van der Waals surface area (Å²) in [4.78, 5) is 0. The van der Waals surface area contributed by atoms with Crippen molar-refractivity contribution < 1.29 is 4.74 Å². The van der Waals surface area contributed by atoms with Crippen molar-refractivity contribution in [1.29, 1.82) is 0 Å². The van der Waals surface area contributed by atoms with Crippen LogP contribution in [-0.2, 0) is 17.9 Å². The summed E-state index contributed by atoms with van der Waals surface area (Å²) in [5, 5.41) is 5.01. The molecule has 0 radical (unpaired) electrons. The number of benzene rings is 2. The number of ether oxygens (including phenoxy) is 1. The van der Waals surface area contributed by atoms with E-state index in [1.54, 1.807) is 7.11 Å². The van der Waals surface area contributed by atoms with Crippen LogP contribution in [-0.4, -0.2) is 15.2 Å². The zero-order chi connectivity index (χ0) is 15.3. The molecule has 2 aromatic carbocycles. The highest BCUT2D eigenvalue weighted by Gasteiger charge is 2.15. The average Bonchev–Trinajstić information content (AvgIpc) is 2.46. The van der Waals surface area contributed by atoms with Gasteiger partial charge in [-0.3, -0.25) is 0 Å². The first-order valence-electron chi connectivity index (χ1n) is 7.41. The Hall–Kier alpha value is -1.58. The summed E-state index contributed by atoms with van der Waals surface area (Å²) < 4.78 is 5.24. The fourth-order valence-corrected chi connectivity index (χ4v) is 3.46. The molecule has 0 aromatic heterocycles. The molecule has 2 aromatic rings. The molecule has 0 heterocycles. The van der Waals surface area contributed by atoms with Gasteiger partial charge in [-0.15, -0.1) is 0 Å². The number of para-hydroxylation sites is 1. The molecule has 0 aliphatic heterocycles. The van der Waals surface area contributed by atoms with Crippen LogP contribution in [0.3, 0.4) is 0 Å². The number of hydrogen-bond acceptors (Lipinski definition) is 2. The molecular formula is C18H25NOSi. The fraction of sp³-hybridized carbons (Fsp3) is 0.333. The predicted molar refractivity (Wildman–Crippen MR) is 93.9 cm³/mol. The summed E-state index contributed by atoms with van der Waals surface area (Å²) in [5.74, 6) is 0. The monoisotopic (exact) mass is 299 g/mol. The van der Waals surface area contributed by atoms with Crippen molar-refractivity contribution in [2.24, 2.45) is 0 Å². The van der Waals surface area contributed by atoms with Gasteiger partial charge in [-0.1, -0.05) is 67.3 Å². The zero-order valence-corrected chi connectivity index (χ0v) is 14.4. The lowest BCUT2D eigenvalue weighted by Gasteiger charge is -2.17. The van der Waals surface area contributed by atoms with Crippen molar-refractivity contribution in [3.05, 3.63) is 59.7 Å². The first kappa shape index (κ1) is 15.8. The summed E-state index contributed by atoms with van der Waals surface area (Å²) >= 11 is 0. The van der Waals surface area contributed by atoms with Crippen LogP contribution in [0.4, 0.5) is 5.69 Å². The molecule has 0 unspecified atom stereocenters. The Kier molecular flexibility index (Phi) is 5.20. The predicted octanol–water partition coefficient (Wildman–Crippen LogP) is 3.99. The van der Waals surface area contributed by atoms with E-state index in [1.165, 1.54) is 16.3 Å². The minimum absolute atomic E-state index is 0.637. The van der Waals surface area contributed by atoms with Gasteiger partial charge < -0.3 is 10.1 Å². The molecule has 1 N–H and O–H groups in total. The second-order valence-electron chi connectivity index (χ2n) is 6.39. The molecule has 112 valence electrons.